The fourth-order valence-electron chi connectivity index (χ4n) is 0.471. The first-order valence-corrected chi connectivity index (χ1v) is 5.18. The van der Waals surface area contributed by atoms with Crippen LogP contribution in [0.25, 0.3) is 0 Å². The fraction of sp³-hybridized carbons (Fsp3) is 1.00. The lowest BCUT2D eigenvalue weighted by molar-refractivity contribution is 0.407. The summed E-state index contributed by atoms with van der Waals surface area (Å²) in [5, 5.41) is 0. The molecule has 0 amide bonds. The van der Waals surface area contributed by atoms with E-state index in [1.54, 1.807) is 0 Å². The van der Waals surface area contributed by atoms with E-state index in [1.165, 1.54) is 6.42 Å². The lowest BCUT2D eigenvalue weighted by atomic mass is 9.96. The highest BCUT2D eigenvalue weighted by molar-refractivity contribution is 4.52. The molecule has 12 heavy (non-hydrogen) atoms. The third-order valence-electron chi connectivity index (χ3n) is 1.78. The van der Waals surface area contributed by atoms with Gasteiger partial charge in [-0.25, -0.2) is 0 Å². The van der Waals surface area contributed by atoms with Gasteiger partial charge in [0.05, 0.1) is 0 Å². The first-order valence-electron chi connectivity index (χ1n) is 5.18. The Bertz CT molecular complexity index is 37.3. The van der Waals surface area contributed by atoms with Crippen LogP contribution in [0.15, 0.2) is 0 Å². The van der Waals surface area contributed by atoms with Gasteiger partial charge in [0.25, 0.3) is 0 Å². The highest BCUT2D eigenvalue weighted by Gasteiger charge is 2.01. The average molecular weight is 176 g/mol. The molecular formula is C12H32. The van der Waals surface area contributed by atoms with Crippen molar-refractivity contribution in [2.45, 2.75) is 69.2 Å². The van der Waals surface area contributed by atoms with Crippen LogP contribution in [-0.2, 0) is 0 Å². The summed E-state index contributed by atoms with van der Waals surface area (Å²) in [5.41, 5.74) is 0. The summed E-state index contributed by atoms with van der Waals surface area (Å²) >= 11 is 0. The summed E-state index contributed by atoms with van der Waals surface area (Å²) in [6, 6.07) is 0. The van der Waals surface area contributed by atoms with Gasteiger partial charge < -0.3 is 0 Å². The van der Waals surface area contributed by atoms with E-state index in [0.717, 1.165) is 11.8 Å². The van der Waals surface area contributed by atoms with E-state index in [9.17, 15) is 0 Å². The van der Waals surface area contributed by atoms with Gasteiger partial charge in [0.1, 0.15) is 0 Å². The Morgan fingerprint density at radius 1 is 0.833 bits per heavy atom. The Morgan fingerprint density at radius 3 is 1.08 bits per heavy atom. The van der Waals surface area contributed by atoms with Crippen LogP contribution in [0.4, 0.5) is 0 Å². The second-order valence-electron chi connectivity index (χ2n) is 2.63. The Balaban J connectivity index is -0.0000000560. The molecule has 0 spiro atoms. The minimum Gasteiger partial charge on any atom is -0.0776 e. The first-order chi connectivity index (χ1) is 5.18. The quantitative estimate of drug-likeness (QED) is 0.530. The Morgan fingerprint density at radius 2 is 1.08 bits per heavy atom. The van der Waals surface area contributed by atoms with Crippen molar-refractivity contribution in [2.75, 3.05) is 0 Å². The molecule has 0 saturated carbocycles. The van der Waals surface area contributed by atoms with E-state index in [-0.39, 0.29) is 7.43 Å². The van der Waals surface area contributed by atoms with Gasteiger partial charge in [0.2, 0.25) is 0 Å². The van der Waals surface area contributed by atoms with E-state index >= 15 is 0 Å². The zero-order valence-corrected chi connectivity index (χ0v) is 9.86. The van der Waals surface area contributed by atoms with E-state index < -0.39 is 0 Å². The van der Waals surface area contributed by atoms with Gasteiger partial charge in [-0.15, -0.1) is 0 Å². The molecule has 0 heterocycles. The predicted molar refractivity (Wildman–Crippen MR) is 63.7 cm³/mol. The number of rotatable bonds is 2. The van der Waals surface area contributed by atoms with E-state index in [1.807, 2.05) is 27.7 Å². The van der Waals surface area contributed by atoms with Gasteiger partial charge in [0.15, 0.2) is 0 Å². The Hall–Kier alpha value is 0. The van der Waals surface area contributed by atoms with E-state index in [2.05, 4.69) is 27.7 Å². The second kappa shape index (κ2) is 22.4. The van der Waals surface area contributed by atoms with Crippen LogP contribution in [0, 0.1) is 11.8 Å². The van der Waals surface area contributed by atoms with Gasteiger partial charge in [-0.1, -0.05) is 69.2 Å². The maximum absolute atomic E-state index is 2.30. The molecule has 0 aromatic heterocycles. The highest BCUT2D eigenvalue weighted by atomic mass is 14.1. The third-order valence-corrected chi connectivity index (χ3v) is 1.78. The topological polar surface area (TPSA) is 0 Å². The van der Waals surface area contributed by atoms with Crippen LogP contribution in [0.2, 0.25) is 0 Å². The first kappa shape index (κ1) is 22.7. The standard InChI is InChI=1S/C7H16.2C2H6.CH4/c1-5-7(4)6(2)3;2*1-2;/h6-7H,5H2,1-4H3;2*1-2H3;1H4. The molecule has 0 bridgehead atoms. The normalized spacial score (nSPS) is 9.75. The lowest BCUT2D eigenvalue weighted by Gasteiger charge is -2.10. The summed E-state index contributed by atoms with van der Waals surface area (Å²) in [6.07, 6.45) is 1.32. The molecule has 0 nitrogen and oxygen atoms in total. The smallest absolute Gasteiger partial charge is 0.0422 e. The molecule has 0 rings (SSSR count). The third kappa shape index (κ3) is 22.5. The van der Waals surface area contributed by atoms with Gasteiger partial charge in [-0.2, -0.15) is 0 Å². The molecule has 0 aromatic carbocycles. The van der Waals surface area contributed by atoms with Crippen LogP contribution in [0.1, 0.15) is 69.2 Å². The summed E-state index contributed by atoms with van der Waals surface area (Å²) < 4.78 is 0. The minimum absolute atomic E-state index is 0. The van der Waals surface area contributed by atoms with Crippen LogP contribution in [0.3, 0.4) is 0 Å². The van der Waals surface area contributed by atoms with Crippen molar-refractivity contribution in [2.24, 2.45) is 11.8 Å². The second-order valence-corrected chi connectivity index (χ2v) is 2.63. The van der Waals surface area contributed by atoms with Crippen LogP contribution >= 0.6 is 0 Å². The maximum Gasteiger partial charge on any atom is -0.0422 e. The highest BCUT2D eigenvalue weighted by Crippen LogP contribution is 2.11. The van der Waals surface area contributed by atoms with Crippen molar-refractivity contribution in [1.29, 1.82) is 0 Å². The minimum atomic E-state index is 0. The summed E-state index contributed by atoms with van der Waals surface area (Å²) in [7, 11) is 0. The molecule has 0 aromatic rings. The molecule has 0 fully saturated rings. The van der Waals surface area contributed by atoms with Crippen LogP contribution in [0.5, 0.6) is 0 Å². The van der Waals surface area contributed by atoms with Crippen molar-refractivity contribution in [3.05, 3.63) is 0 Å². The largest absolute Gasteiger partial charge is 0.0776 e. The van der Waals surface area contributed by atoms with Crippen molar-refractivity contribution in [3.63, 3.8) is 0 Å². The molecule has 0 aliphatic rings. The molecule has 0 radical (unpaired) electrons. The summed E-state index contributed by atoms with van der Waals surface area (Å²) in [4.78, 5) is 0. The Labute approximate surface area is 81.8 Å². The maximum atomic E-state index is 2.30. The molecule has 0 heteroatoms. The molecule has 1 unspecified atom stereocenters. The SMILES string of the molecule is C.CC.CC.CCC(C)C(C)C. The van der Waals surface area contributed by atoms with Gasteiger partial charge in [0, 0.05) is 0 Å². The van der Waals surface area contributed by atoms with Crippen molar-refractivity contribution in [1.82, 2.24) is 0 Å². The summed E-state index contributed by atoms with van der Waals surface area (Å²) in [6.45, 7) is 17.1. The summed E-state index contributed by atoms with van der Waals surface area (Å²) in [5.74, 6) is 1.77. The molecular weight excluding hydrogens is 144 g/mol. The van der Waals surface area contributed by atoms with E-state index in [0.29, 0.717) is 0 Å². The lowest BCUT2D eigenvalue weighted by Crippen LogP contribution is -2.00. The molecule has 0 aliphatic carbocycles. The van der Waals surface area contributed by atoms with Crippen LogP contribution in [-0.4, -0.2) is 0 Å². The van der Waals surface area contributed by atoms with Gasteiger partial charge in [-0.05, 0) is 11.8 Å². The van der Waals surface area contributed by atoms with Gasteiger partial charge >= 0.3 is 0 Å². The molecule has 1 atom stereocenters. The van der Waals surface area contributed by atoms with Crippen LogP contribution < -0.4 is 0 Å². The predicted octanol–water partition coefficient (Wildman–Crippen LogP) is 5.38. The average Bonchev–Trinajstić information content (AvgIpc) is 2.10. The molecule has 0 aliphatic heterocycles. The monoisotopic (exact) mass is 176 g/mol. The molecule has 0 N–H and O–H groups in total. The number of hydrogen-bond donors (Lipinski definition) is 0. The van der Waals surface area contributed by atoms with Gasteiger partial charge in [-0.3, -0.25) is 0 Å². The van der Waals surface area contributed by atoms with Crippen molar-refractivity contribution in [3.8, 4) is 0 Å². The van der Waals surface area contributed by atoms with Crippen molar-refractivity contribution >= 4 is 0 Å². The molecule has 80 valence electrons. The van der Waals surface area contributed by atoms with Crippen molar-refractivity contribution < 1.29 is 0 Å². The van der Waals surface area contributed by atoms with E-state index in [4.69, 9.17) is 0 Å². The Kier molecular flexibility index (Phi) is 42.4. The zero-order valence-electron chi connectivity index (χ0n) is 9.86. The zero-order chi connectivity index (χ0) is 9.86. The fourth-order valence-corrected chi connectivity index (χ4v) is 0.471. The number of hydrogen-bond acceptors (Lipinski definition) is 0. The molecule has 0 saturated heterocycles.